The normalized spacial score (nSPS) is 20.9. The van der Waals surface area contributed by atoms with Crippen molar-refractivity contribution >= 4 is 5.82 Å². The molecule has 1 atom stereocenters. The first-order valence-corrected chi connectivity index (χ1v) is 7.29. The number of rotatable bonds is 5. The Morgan fingerprint density at radius 3 is 2.89 bits per heavy atom. The number of anilines is 1. The lowest BCUT2D eigenvalue weighted by molar-refractivity contribution is 0.149. The van der Waals surface area contributed by atoms with E-state index < -0.39 is 0 Å². The molecule has 0 aliphatic carbocycles. The van der Waals surface area contributed by atoms with Gasteiger partial charge in [-0.1, -0.05) is 19.4 Å². The van der Waals surface area contributed by atoms with Crippen LogP contribution in [0.25, 0.3) is 0 Å². The van der Waals surface area contributed by atoms with Crippen LogP contribution in [0.2, 0.25) is 0 Å². The second kappa shape index (κ2) is 6.74. The molecule has 100 valence electrons. The molecule has 0 spiro atoms. The molecule has 0 saturated carbocycles. The molecule has 0 bridgehead atoms. The van der Waals surface area contributed by atoms with Gasteiger partial charge in [-0.15, -0.1) is 0 Å². The predicted octanol–water partition coefficient (Wildman–Crippen LogP) is 3.45. The molecule has 18 heavy (non-hydrogen) atoms. The summed E-state index contributed by atoms with van der Waals surface area (Å²) in [5.74, 6) is 0.985. The molecule has 1 aromatic heterocycles. The molecule has 1 aromatic rings. The van der Waals surface area contributed by atoms with E-state index in [-0.39, 0.29) is 0 Å². The highest BCUT2D eigenvalue weighted by Gasteiger charge is 2.23. The monoisotopic (exact) mass is 247 g/mol. The Hall–Kier alpha value is -1.09. The molecule has 0 radical (unpaired) electrons. The second-order valence-electron chi connectivity index (χ2n) is 5.05. The summed E-state index contributed by atoms with van der Waals surface area (Å²) in [6.45, 7) is 7.74. The highest BCUT2D eigenvalue weighted by Crippen LogP contribution is 2.30. The third-order valence-electron chi connectivity index (χ3n) is 3.65. The zero-order valence-corrected chi connectivity index (χ0v) is 11.7. The number of aromatic nitrogens is 1. The Kier molecular flexibility index (Phi) is 5.00. The van der Waals surface area contributed by atoms with Crippen molar-refractivity contribution in [3.8, 4) is 0 Å². The maximum absolute atomic E-state index is 4.50. The van der Waals surface area contributed by atoms with Crippen molar-refractivity contribution in [1.29, 1.82) is 0 Å². The van der Waals surface area contributed by atoms with Gasteiger partial charge in [-0.2, -0.15) is 0 Å². The molecular weight excluding hydrogens is 222 g/mol. The molecule has 1 aliphatic rings. The van der Waals surface area contributed by atoms with E-state index >= 15 is 0 Å². The van der Waals surface area contributed by atoms with E-state index in [2.05, 4.69) is 47.4 Å². The highest BCUT2D eigenvalue weighted by atomic mass is 15.2. The van der Waals surface area contributed by atoms with Gasteiger partial charge in [0.2, 0.25) is 0 Å². The Morgan fingerprint density at radius 1 is 1.33 bits per heavy atom. The molecule has 2 rings (SSSR count). The van der Waals surface area contributed by atoms with Crippen molar-refractivity contribution in [2.75, 3.05) is 25.0 Å². The summed E-state index contributed by atoms with van der Waals surface area (Å²) in [4.78, 5) is 7.12. The van der Waals surface area contributed by atoms with Gasteiger partial charge < -0.3 is 5.32 Å². The maximum Gasteiger partial charge on any atom is 0.125 e. The number of piperidine rings is 1. The fourth-order valence-corrected chi connectivity index (χ4v) is 2.81. The molecule has 3 nitrogen and oxygen atoms in total. The van der Waals surface area contributed by atoms with E-state index in [0.717, 1.165) is 12.4 Å². The minimum atomic E-state index is 0.585. The summed E-state index contributed by atoms with van der Waals surface area (Å²) in [7, 11) is 0. The van der Waals surface area contributed by atoms with Gasteiger partial charge in [0.1, 0.15) is 5.82 Å². The average molecular weight is 247 g/mol. The van der Waals surface area contributed by atoms with Crippen LogP contribution in [0.1, 0.15) is 51.1 Å². The van der Waals surface area contributed by atoms with Crippen LogP contribution < -0.4 is 5.32 Å². The lowest BCUT2D eigenvalue weighted by atomic mass is 9.96. The summed E-state index contributed by atoms with van der Waals surface area (Å²) in [5, 5.41) is 3.25. The summed E-state index contributed by atoms with van der Waals surface area (Å²) < 4.78 is 0. The second-order valence-corrected chi connectivity index (χ2v) is 5.05. The third-order valence-corrected chi connectivity index (χ3v) is 3.65. The van der Waals surface area contributed by atoms with Gasteiger partial charge in [-0.25, -0.2) is 4.98 Å². The van der Waals surface area contributed by atoms with Crippen molar-refractivity contribution in [3.05, 3.63) is 23.9 Å². The lowest BCUT2D eigenvalue weighted by Gasteiger charge is -2.35. The molecule has 1 saturated heterocycles. The first kappa shape index (κ1) is 13.3. The van der Waals surface area contributed by atoms with Crippen molar-refractivity contribution in [1.82, 2.24) is 9.88 Å². The standard InChI is InChI=1S/C15H25N3/c1-3-10-18-11-6-5-7-14(18)13-8-9-15(16-4-2)17-12-13/h8-9,12,14H,3-7,10-11H2,1-2H3,(H,16,17)/t14-/m0/s1. The fraction of sp³-hybridized carbons (Fsp3) is 0.667. The number of nitrogens with zero attached hydrogens (tertiary/aromatic N) is 2. The lowest BCUT2D eigenvalue weighted by Crippen LogP contribution is -2.34. The zero-order valence-electron chi connectivity index (χ0n) is 11.7. The Balaban J connectivity index is 2.07. The zero-order chi connectivity index (χ0) is 12.8. The molecular formula is C15H25N3. The summed E-state index contributed by atoms with van der Waals surface area (Å²) >= 11 is 0. The minimum absolute atomic E-state index is 0.585. The van der Waals surface area contributed by atoms with E-state index in [1.807, 2.05) is 0 Å². The average Bonchev–Trinajstić information content (AvgIpc) is 2.41. The van der Waals surface area contributed by atoms with Crippen LogP contribution >= 0.6 is 0 Å². The Bertz CT molecular complexity index is 345. The Morgan fingerprint density at radius 2 is 2.22 bits per heavy atom. The maximum atomic E-state index is 4.50. The summed E-state index contributed by atoms with van der Waals surface area (Å²) in [5.41, 5.74) is 1.38. The number of hydrogen-bond donors (Lipinski definition) is 1. The quantitative estimate of drug-likeness (QED) is 0.863. The Labute approximate surface area is 111 Å². The van der Waals surface area contributed by atoms with Crippen LogP contribution in [0.15, 0.2) is 18.3 Å². The van der Waals surface area contributed by atoms with Crippen LogP contribution in [-0.2, 0) is 0 Å². The molecule has 3 heteroatoms. The first-order chi connectivity index (χ1) is 8.85. The molecule has 1 fully saturated rings. The van der Waals surface area contributed by atoms with Crippen molar-refractivity contribution in [2.24, 2.45) is 0 Å². The van der Waals surface area contributed by atoms with E-state index in [9.17, 15) is 0 Å². The van der Waals surface area contributed by atoms with Crippen LogP contribution in [0.5, 0.6) is 0 Å². The molecule has 0 amide bonds. The number of nitrogens with one attached hydrogen (secondary N) is 1. The molecule has 0 aromatic carbocycles. The number of pyridine rings is 1. The van der Waals surface area contributed by atoms with E-state index in [0.29, 0.717) is 6.04 Å². The van der Waals surface area contributed by atoms with Crippen molar-refractivity contribution in [2.45, 2.75) is 45.6 Å². The predicted molar refractivity (Wildman–Crippen MR) is 76.9 cm³/mol. The van der Waals surface area contributed by atoms with Crippen LogP contribution in [0.4, 0.5) is 5.82 Å². The van der Waals surface area contributed by atoms with Crippen LogP contribution in [0, 0.1) is 0 Å². The van der Waals surface area contributed by atoms with Gasteiger partial charge >= 0.3 is 0 Å². The van der Waals surface area contributed by atoms with Crippen LogP contribution in [0.3, 0.4) is 0 Å². The van der Waals surface area contributed by atoms with E-state index in [1.165, 1.54) is 44.3 Å². The van der Waals surface area contributed by atoms with Crippen molar-refractivity contribution in [3.63, 3.8) is 0 Å². The topological polar surface area (TPSA) is 28.2 Å². The van der Waals surface area contributed by atoms with Gasteiger partial charge in [0.15, 0.2) is 0 Å². The molecule has 2 heterocycles. The van der Waals surface area contributed by atoms with Gasteiger partial charge in [0.25, 0.3) is 0 Å². The minimum Gasteiger partial charge on any atom is -0.370 e. The third kappa shape index (κ3) is 3.22. The SMILES string of the molecule is CCCN1CCCC[C@H]1c1ccc(NCC)nc1. The van der Waals surface area contributed by atoms with E-state index in [4.69, 9.17) is 0 Å². The smallest absolute Gasteiger partial charge is 0.125 e. The first-order valence-electron chi connectivity index (χ1n) is 7.29. The molecule has 0 unspecified atom stereocenters. The summed E-state index contributed by atoms with van der Waals surface area (Å²) in [6, 6.07) is 4.93. The van der Waals surface area contributed by atoms with Gasteiger partial charge in [0.05, 0.1) is 0 Å². The molecule has 1 aliphatic heterocycles. The highest BCUT2D eigenvalue weighted by molar-refractivity contribution is 5.36. The largest absolute Gasteiger partial charge is 0.370 e. The molecule has 1 N–H and O–H groups in total. The van der Waals surface area contributed by atoms with Gasteiger partial charge in [-0.3, -0.25) is 4.90 Å². The summed E-state index contributed by atoms with van der Waals surface area (Å²) in [6.07, 6.45) is 7.26. The van der Waals surface area contributed by atoms with Crippen LogP contribution in [-0.4, -0.2) is 29.5 Å². The van der Waals surface area contributed by atoms with E-state index in [1.54, 1.807) is 0 Å². The fourth-order valence-electron chi connectivity index (χ4n) is 2.81. The van der Waals surface area contributed by atoms with Gasteiger partial charge in [0, 0.05) is 18.8 Å². The van der Waals surface area contributed by atoms with Crippen molar-refractivity contribution < 1.29 is 0 Å². The van der Waals surface area contributed by atoms with Gasteiger partial charge in [-0.05, 0) is 50.9 Å². The number of hydrogen-bond acceptors (Lipinski definition) is 3. The number of likely N-dealkylation sites (tertiary alicyclic amines) is 1.